The summed E-state index contributed by atoms with van der Waals surface area (Å²) in [6.07, 6.45) is 0. The van der Waals surface area contributed by atoms with Crippen molar-refractivity contribution in [2.75, 3.05) is 27.0 Å². The first-order valence-electron chi connectivity index (χ1n) is 12.6. The molecule has 0 heterocycles. The predicted octanol–water partition coefficient (Wildman–Crippen LogP) is 4.96. The predicted molar refractivity (Wildman–Crippen MR) is 157 cm³/mol. The van der Waals surface area contributed by atoms with Gasteiger partial charge >= 0.3 is 0 Å². The van der Waals surface area contributed by atoms with E-state index in [2.05, 4.69) is 21.3 Å². The molecule has 10 heteroatoms. The van der Waals surface area contributed by atoms with Gasteiger partial charge in [-0.2, -0.15) is 0 Å². The molecule has 5 rings (SSSR count). The average Bonchev–Trinajstić information content (AvgIpc) is 2.94. The lowest BCUT2D eigenvalue weighted by Crippen LogP contribution is -2.26. The molecule has 0 unspecified atom stereocenters. The second kappa shape index (κ2) is 10.8. The Morgan fingerprint density at radius 2 is 1.05 bits per heavy atom. The van der Waals surface area contributed by atoms with Gasteiger partial charge in [-0.05, 0) is 54.6 Å². The van der Waals surface area contributed by atoms with Gasteiger partial charge in [0, 0.05) is 47.7 Å². The van der Waals surface area contributed by atoms with Crippen molar-refractivity contribution in [2.45, 2.75) is 13.8 Å². The number of hydrogen-bond donors (Lipinski definition) is 5. The van der Waals surface area contributed by atoms with Crippen molar-refractivity contribution in [3.8, 4) is 0 Å². The Labute approximate surface area is 234 Å². The van der Waals surface area contributed by atoms with Crippen LogP contribution < -0.4 is 27.0 Å². The summed E-state index contributed by atoms with van der Waals surface area (Å²) in [4.78, 5) is 63.4. The number of amides is 3. The molecule has 10 nitrogen and oxygen atoms in total. The maximum absolute atomic E-state index is 13.6. The van der Waals surface area contributed by atoms with Crippen LogP contribution in [-0.4, -0.2) is 29.3 Å². The molecule has 4 aromatic rings. The fourth-order valence-electron chi connectivity index (χ4n) is 4.64. The molecule has 0 atom stereocenters. The minimum atomic E-state index is -0.597. The van der Waals surface area contributed by atoms with E-state index in [1.165, 1.54) is 19.9 Å². The van der Waals surface area contributed by atoms with Crippen LogP contribution in [0.3, 0.4) is 0 Å². The Morgan fingerprint density at radius 1 is 0.610 bits per heavy atom. The molecule has 0 radical (unpaired) electrons. The van der Waals surface area contributed by atoms with Crippen LogP contribution in [0.25, 0.3) is 0 Å². The molecule has 204 valence electrons. The van der Waals surface area contributed by atoms with Crippen molar-refractivity contribution in [2.24, 2.45) is 0 Å². The van der Waals surface area contributed by atoms with E-state index < -0.39 is 17.5 Å². The van der Waals surface area contributed by atoms with Crippen LogP contribution in [0.15, 0.2) is 78.9 Å². The second-order valence-corrected chi connectivity index (χ2v) is 9.44. The molecule has 0 aliphatic heterocycles. The van der Waals surface area contributed by atoms with Crippen LogP contribution in [-0.2, 0) is 9.59 Å². The molecule has 0 bridgehead atoms. The largest absolute Gasteiger partial charge is 0.397 e. The van der Waals surface area contributed by atoms with Crippen molar-refractivity contribution >= 4 is 63.4 Å². The van der Waals surface area contributed by atoms with Crippen LogP contribution in [0.1, 0.15) is 56.0 Å². The molecule has 0 spiro atoms. The number of rotatable bonds is 6. The molecule has 41 heavy (non-hydrogen) atoms. The third kappa shape index (κ3) is 5.39. The van der Waals surface area contributed by atoms with Gasteiger partial charge in [-0.1, -0.05) is 24.3 Å². The number of carbonyl (C=O) groups excluding carboxylic acids is 5. The van der Waals surface area contributed by atoms with Gasteiger partial charge in [0.15, 0.2) is 11.6 Å². The highest BCUT2D eigenvalue weighted by molar-refractivity contribution is 6.33. The summed E-state index contributed by atoms with van der Waals surface area (Å²) in [7, 11) is 0. The third-order valence-corrected chi connectivity index (χ3v) is 6.43. The Bertz CT molecular complexity index is 1740. The molecule has 0 saturated carbocycles. The number of carbonyl (C=O) groups is 5. The number of nitrogens with two attached hydrogens (primary N) is 1. The standard InChI is InChI=1S/C31H25N5O5/c1-16(37)33-18-7-11-20(12-8-18)35-25-15-24(31(41)36-21-13-9-19(10-14-21)34-17(2)38)28(32)27-26(25)29(39)22-5-3-4-6-23(22)30(27)40/h3-15,35H,32H2,1-2H3,(H,33,37)(H,34,38)(H,36,41). The highest BCUT2D eigenvalue weighted by atomic mass is 16.2. The van der Waals surface area contributed by atoms with Gasteiger partial charge in [-0.3, -0.25) is 24.0 Å². The minimum absolute atomic E-state index is 0.00687. The molecule has 4 aromatic carbocycles. The highest BCUT2D eigenvalue weighted by Gasteiger charge is 2.35. The Morgan fingerprint density at radius 3 is 1.54 bits per heavy atom. The maximum atomic E-state index is 13.6. The molecule has 3 amide bonds. The van der Waals surface area contributed by atoms with Crippen molar-refractivity contribution in [3.63, 3.8) is 0 Å². The molecule has 0 aromatic heterocycles. The van der Waals surface area contributed by atoms with Crippen molar-refractivity contribution in [1.82, 2.24) is 0 Å². The van der Waals surface area contributed by atoms with Gasteiger partial charge in [0.25, 0.3) is 5.91 Å². The summed E-state index contributed by atoms with van der Waals surface area (Å²) in [6, 6.07) is 21.1. The minimum Gasteiger partial charge on any atom is -0.397 e. The number of benzene rings is 4. The third-order valence-electron chi connectivity index (χ3n) is 6.43. The molecule has 0 fully saturated rings. The van der Waals surface area contributed by atoms with Crippen molar-refractivity contribution in [3.05, 3.63) is 107 Å². The highest BCUT2D eigenvalue weighted by Crippen LogP contribution is 2.39. The summed E-state index contributed by atoms with van der Waals surface area (Å²) >= 11 is 0. The summed E-state index contributed by atoms with van der Waals surface area (Å²) in [5, 5.41) is 11.2. The number of anilines is 6. The van der Waals surface area contributed by atoms with Crippen molar-refractivity contribution < 1.29 is 24.0 Å². The Kier molecular flexibility index (Phi) is 7.05. The van der Waals surface area contributed by atoms with Gasteiger partial charge < -0.3 is 27.0 Å². The second-order valence-electron chi connectivity index (χ2n) is 9.44. The van der Waals surface area contributed by atoms with E-state index in [9.17, 15) is 24.0 Å². The quantitative estimate of drug-likeness (QED) is 0.188. The van der Waals surface area contributed by atoms with E-state index in [1.54, 1.807) is 72.8 Å². The first-order chi connectivity index (χ1) is 19.6. The van der Waals surface area contributed by atoms with Gasteiger partial charge in [0.05, 0.1) is 28.1 Å². The number of hydrogen-bond acceptors (Lipinski definition) is 7. The average molecular weight is 548 g/mol. The molecule has 1 aliphatic carbocycles. The molecule has 6 N–H and O–H groups in total. The van der Waals surface area contributed by atoms with E-state index in [0.29, 0.717) is 22.7 Å². The smallest absolute Gasteiger partial charge is 0.257 e. The lowest BCUT2D eigenvalue weighted by atomic mass is 9.81. The lowest BCUT2D eigenvalue weighted by molar-refractivity contribution is -0.115. The van der Waals surface area contributed by atoms with Crippen LogP contribution in [0.2, 0.25) is 0 Å². The van der Waals surface area contributed by atoms with Gasteiger partial charge in [0.1, 0.15) is 0 Å². The topological polar surface area (TPSA) is 159 Å². The first kappa shape index (κ1) is 26.8. The van der Waals surface area contributed by atoms with Gasteiger partial charge in [-0.15, -0.1) is 0 Å². The van der Waals surface area contributed by atoms with Crippen LogP contribution in [0.5, 0.6) is 0 Å². The van der Waals surface area contributed by atoms with E-state index in [-0.39, 0.29) is 51.0 Å². The van der Waals surface area contributed by atoms with Crippen molar-refractivity contribution in [1.29, 1.82) is 0 Å². The zero-order valence-corrected chi connectivity index (χ0v) is 22.1. The SMILES string of the molecule is CC(=O)Nc1ccc(NC(=O)c2cc(Nc3ccc(NC(C)=O)cc3)c3c(c2N)C(=O)c2ccccc2C3=O)cc1. The van der Waals surface area contributed by atoms with Crippen LogP contribution >= 0.6 is 0 Å². The normalized spacial score (nSPS) is 11.7. The summed E-state index contributed by atoms with van der Waals surface area (Å²) in [6.45, 7) is 2.79. The summed E-state index contributed by atoms with van der Waals surface area (Å²) in [5.41, 5.74) is 9.08. The monoisotopic (exact) mass is 547 g/mol. The van der Waals surface area contributed by atoms with Gasteiger partial charge in [0.2, 0.25) is 11.8 Å². The van der Waals surface area contributed by atoms with E-state index in [4.69, 9.17) is 5.73 Å². The molecule has 1 aliphatic rings. The zero-order chi connectivity index (χ0) is 29.3. The molecular formula is C31H25N5O5. The van der Waals surface area contributed by atoms with Crippen LogP contribution in [0.4, 0.5) is 34.1 Å². The molecular weight excluding hydrogens is 522 g/mol. The lowest BCUT2D eigenvalue weighted by Gasteiger charge is -2.24. The van der Waals surface area contributed by atoms with Gasteiger partial charge in [-0.25, -0.2) is 0 Å². The summed E-state index contributed by atoms with van der Waals surface area (Å²) in [5.74, 6) is -1.91. The first-order valence-corrected chi connectivity index (χ1v) is 12.6. The molecule has 0 saturated heterocycles. The number of nitrogen functional groups attached to an aromatic ring is 1. The number of nitrogens with one attached hydrogen (secondary N) is 4. The van der Waals surface area contributed by atoms with E-state index in [0.717, 1.165) is 0 Å². The van der Waals surface area contributed by atoms with E-state index in [1.807, 2.05) is 0 Å². The Hall–Kier alpha value is -5.77. The Balaban J connectivity index is 1.56. The summed E-state index contributed by atoms with van der Waals surface area (Å²) < 4.78 is 0. The fraction of sp³-hybridized carbons (Fsp3) is 0.0645. The number of fused-ring (bicyclic) bond motifs is 2. The van der Waals surface area contributed by atoms with E-state index >= 15 is 0 Å². The van der Waals surface area contributed by atoms with Crippen LogP contribution in [0, 0.1) is 0 Å². The zero-order valence-electron chi connectivity index (χ0n) is 22.1. The fourth-order valence-corrected chi connectivity index (χ4v) is 4.64. The number of ketones is 2. The maximum Gasteiger partial charge on any atom is 0.257 e.